The molecule has 1 aliphatic rings. The van der Waals surface area contributed by atoms with Crippen LogP contribution in [0.4, 0.5) is 3.89 Å². The molecule has 3 aromatic carbocycles. The molecule has 0 unspecified atom stereocenters. The number of aromatic hydroxyl groups is 2. The van der Waals surface area contributed by atoms with Gasteiger partial charge in [0.2, 0.25) is 0 Å². The number of rotatable bonds is 2. The fraction of sp³-hybridized carbons (Fsp3) is 0.0500. The van der Waals surface area contributed by atoms with E-state index < -0.39 is 22.1 Å². The zero-order chi connectivity index (χ0) is 21.2. The molecule has 0 aromatic heterocycles. The van der Waals surface area contributed by atoms with Gasteiger partial charge < -0.3 is 14.9 Å². The van der Waals surface area contributed by atoms with Crippen LogP contribution in [0.1, 0.15) is 27.0 Å². The normalized spacial score (nSPS) is 14.3. The van der Waals surface area contributed by atoms with Crippen molar-refractivity contribution in [3.63, 3.8) is 0 Å². The van der Waals surface area contributed by atoms with E-state index in [2.05, 4.69) is 0 Å². The highest BCUT2D eigenvalue weighted by atomic mass is 32.3. The van der Waals surface area contributed by atoms with Gasteiger partial charge >= 0.3 is 16.5 Å². The van der Waals surface area contributed by atoms with Crippen molar-refractivity contribution < 1.29 is 36.6 Å². The first-order valence-electron chi connectivity index (χ1n) is 8.20. The number of hydrogen-bond acceptors (Lipinski definition) is 6. The third-order valence-corrected chi connectivity index (χ3v) is 4.32. The van der Waals surface area contributed by atoms with Crippen LogP contribution in [0.15, 0.2) is 72.8 Å². The van der Waals surface area contributed by atoms with Gasteiger partial charge in [0, 0.05) is 16.7 Å². The minimum absolute atomic E-state index is 0.136. The lowest BCUT2D eigenvalue weighted by atomic mass is 9.80. The molecule has 29 heavy (non-hydrogen) atoms. The second kappa shape index (κ2) is 7.53. The molecule has 0 saturated heterocycles. The Morgan fingerprint density at radius 2 is 1.21 bits per heavy atom. The van der Waals surface area contributed by atoms with Gasteiger partial charge in [-0.25, -0.2) is 4.79 Å². The number of phenols is 2. The Hall–Kier alpha value is -3.43. The first kappa shape index (κ1) is 20.3. The molecule has 4 rings (SSSR count). The van der Waals surface area contributed by atoms with Gasteiger partial charge in [-0.2, -0.15) is 8.42 Å². The van der Waals surface area contributed by atoms with Gasteiger partial charge in [-0.05, 0) is 30.3 Å². The topological polar surface area (TPSA) is 121 Å². The van der Waals surface area contributed by atoms with Crippen molar-refractivity contribution in [2.45, 2.75) is 5.60 Å². The fourth-order valence-corrected chi connectivity index (χ4v) is 3.20. The van der Waals surface area contributed by atoms with E-state index in [1.54, 1.807) is 60.7 Å². The number of fused-ring (bicyclic) bond motifs is 1. The first-order valence-corrected chi connectivity index (χ1v) is 9.54. The lowest BCUT2D eigenvalue weighted by Gasteiger charge is -2.30. The van der Waals surface area contributed by atoms with E-state index in [0.717, 1.165) is 16.7 Å². The molecule has 0 radical (unpaired) electrons. The van der Waals surface area contributed by atoms with E-state index in [-0.39, 0.29) is 11.5 Å². The summed E-state index contributed by atoms with van der Waals surface area (Å²) in [5, 5.41) is 19.2. The van der Waals surface area contributed by atoms with Gasteiger partial charge in [0.1, 0.15) is 11.5 Å². The molecule has 0 fully saturated rings. The van der Waals surface area contributed by atoms with Crippen LogP contribution in [0.5, 0.6) is 11.5 Å². The van der Waals surface area contributed by atoms with Crippen LogP contribution in [0.25, 0.3) is 0 Å². The Morgan fingerprint density at radius 3 is 1.66 bits per heavy atom. The van der Waals surface area contributed by atoms with Crippen LogP contribution >= 0.6 is 0 Å². The van der Waals surface area contributed by atoms with Crippen LogP contribution in [0.3, 0.4) is 0 Å². The number of ether oxygens (including phenoxy) is 1. The Morgan fingerprint density at radius 1 is 0.793 bits per heavy atom. The van der Waals surface area contributed by atoms with Crippen molar-refractivity contribution in [1.29, 1.82) is 0 Å². The average molecular weight is 418 g/mol. The van der Waals surface area contributed by atoms with Gasteiger partial charge in [-0.1, -0.05) is 46.4 Å². The van der Waals surface area contributed by atoms with Crippen LogP contribution in [0, 0.1) is 0 Å². The second-order valence-corrected chi connectivity index (χ2v) is 6.95. The molecule has 0 aliphatic carbocycles. The number of benzene rings is 3. The third kappa shape index (κ3) is 4.20. The van der Waals surface area contributed by atoms with Crippen molar-refractivity contribution >= 4 is 16.5 Å². The molecule has 1 aliphatic heterocycles. The summed E-state index contributed by atoms with van der Waals surface area (Å²) in [6, 6.07) is 20.4. The van der Waals surface area contributed by atoms with Crippen LogP contribution in [0.2, 0.25) is 0 Å². The van der Waals surface area contributed by atoms with E-state index in [1.165, 1.54) is 0 Å². The number of cyclic esters (lactones) is 1. The van der Waals surface area contributed by atoms with Gasteiger partial charge in [0.25, 0.3) is 0 Å². The summed E-state index contributed by atoms with van der Waals surface area (Å²) >= 11 is 0. The van der Waals surface area contributed by atoms with Crippen molar-refractivity contribution in [2.24, 2.45) is 0 Å². The van der Waals surface area contributed by atoms with Crippen molar-refractivity contribution in [1.82, 2.24) is 0 Å². The number of esters is 1. The maximum absolute atomic E-state index is 12.4. The van der Waals surface area contributed by atoms with Crippen LogP contribution in [-0.4, -0.2) is 29.2 Å². The van der Waals surface area contributed by atoms with E-state index in [1.807, 2.05) is 12.1 Å². The number of carbonyl (C=O) groups excluding carboxylic acids is 1. The molecule has 150 valence electrons. The van der Waals surface area contributed by atoms with Gasteiger partial charge in [0.05, 0.1) is 5.56 Å². The largest absolute Gasteiger partial charge is 0.508 e. The maximum atomic E-state index is 12.4. The predicted octanol–water partition coefficient (Wildman–Crippen LogP) is 3.32. The first-order chi connectivity index (χ1) is 13.6. The summed E-state index contributed by atoms with van der Waals surface area (Å²) in [5.74, 6) is -0.124. The van der Waals surface area contributed by atoms with Crippen LogP contribution in [-0.2, 0) is 20.8 Å². The van der Waals surface area contributed by atoms with E-state index in [4.69, 9.17) is 17.7 Å². The lowest BCUT2D eigenvalue weighted by Crippen LogP contribution is -2.29. The Balaban J connectivity index is 0.000000431. The third-order valence-electron chi connectivity index (χ3n) is 4.32. The monoisotopic (exact) mass is 418 g/mol. The number of carbonyl (C=O) groups is 1. The summed E-state index contributed by atoms with van der Waals surface area (Å²) in [7, 11) is -5.17. The second-order valence-electron chi connectivity index (χ2n) is 6.12. The molecule has 3 aromatic rings. The molecule has 3 N–H and O–H groups in total. The summed E-state index contributed by atoms with van der Waals surface area (Å²) in [6.07, 6.45) is 0. The Bertz CT molecular complexity index is 1090. The van der Waals surface area contributed by atoms with E-state index in [0.29, 0.717) is 5.56 Å². The molecular formula is C20H15FO7S. The number of phenolic OH excluding ortho intramolecular Hbond substituents is 2. The SMILES string of the molecule is O=C1OC(c2ccc(O)cc2)(c2ccc(O)cc2)c2ccccc21.O=S(=O)(O)F. The summed E-state index contributed by atoms with van der Waals surface area (Å²) < 4.78 is 40.0. The average Bonchev–Trinajstić information content (AvgIpc) is 2.96. The molecule has 0 amide bonds. The lowest BCUT2D eigenvalue weighted by molar-refractivity contribution is 0.0251. The van der Waals surface area contributed by atoms with Gasteiger partial charge in [0.15, 0.2) is 5.60 Å². The molecular weight excluding hydrogens is 403 g/mol. The molecule has 9 heteroatoms. The van der Waals surface area contributed by atoms with Gasteiger partial charge in [-0.15, -0.1) is 0 Å². The highest BCUT2D eigenvalue weighted by molar-refractivity contribution is 7.80. The van der Waals surface area contributed by atoms with Crippen molar-refractivity contribution in [2.75, 3.05) is 0 Å². The summed E-state index contributed by atoms with van der Waals surface area (Å²) in [6.45, 7) is 0. The highest BCUT2D eigenvalue weighted by Gasteiger charge is 2.48. The maximum Gasteiger partial charge on any atom is 0.435 e. The molecule has 0 atom stereocenters. The number of hydrogen-bond donors (Lipinski definition) is 3. The molecule has 0 bridgehead atoms. The number of halogens is 1. The molecule has 1 heterocycles. The fourth-order valence-electron chi connectivity index (χ4n) is 3.20. The molecule has 0 saturated carbocycles. The molecule has 7 nitrogen and oxygen atoms in total. The zero-order valence-electron chi connectivity index (χ0n) is 14.7. The standard InChI is InChI=1S/C20H14O4.FHO3S/c21-15-9-5-13(6-10-15)20(14-7-11-16(22)12-8-14)18-4-2-1-3-17(18)19(23)24-20;1-5(2,3)4/h1-12,21-22H;(H,2,3,4). The molecule has 0 spiro atoms. The van der Waals surface area contributed by atoms with Crippen molar-refractivity contribution in [3.8, 4) is 11.5 Å². The van der Waals surface area contributed by atoms with Gasteiger partial charge in [-0.3, -0.25) is 4.55 Å². The quantitative estimate of drug-likeness (QED) is 0.332. The zero-order valence-corrected chi connectivity index (χ0v) is 15.5. The minimum atomic E-state index is -5.17. The van der Waals surface area contributed by atoms with E-state index >= 15 is 0 Å². The smallest absolute Gasteiger partial charge is 0.435 e. The van der Waals surface area contributed by atoms with E-state index in [9.17, 15) is 18.9 Å². The van der Waals surface area contributed by atoms with Crippen molar-refractivity contribution in [3.05, 3.63) is 95.1 Å². The Labute approximate surface area is 165 Å². The van der Waals surface area contributed by atoms with Crippen LogP contribution < -0.4 is 0 Å². The Kier molecular flexibility index (Phi) is 5.27. The predicted molar refractivity (Wildman–Crippen MR) is 101 cm³/mol. The summed E-state index contributed by atoms with van der Waals surface area (Å²) in [5.41, 5.74) is 1.60. The highest BCUT2D eigenvalue weighted by Crippen LogP contribution is 2.47. The minimum Gasteiger partial charge on any atom is -0.508 e. The summed E-state index contributed by atoms with van der Waals surface area (Å²) in [4.78, 5) is 12.4.